The Bertz CT molecular complexity index is 656. The third-order valence-corrected chi connectivity index (χ3v) is 3.13. The molecule has 0 spiro atoms. The number of hydrogen-bond donors (Lipinski definition) is 2. The first-order valence-electron chi connectivity index (χ1n) is 4.97. The number of rotatable bonds is 3. The third-order valence-electron chi connectivity index (χ3n) is 2.18. The Balaban J connectivity index is 2.38. The number of pyridine rings is 1. The van der Waals surface area contributed by atoms with Crippen LogP contribution in [0.1, 0.15) is 0 Å². The Morgan fingerprint density at radius 2 is 1.83 bits per heavy atom. The maximum absolute atomic E-state index is 12.7. The van der Waals surface area contributed by atoms with Crippen molar-refractivity contribution in [3.63, 3.8) is 0 Å². The van der Waals surface area contributed by atoms with Gasteiger partial charge in [-0.2, -0.15) is 0 Å². The second kappa shape index (κ2) is 4.71. The normalized spacial score (nSPS) is 11.2. The van der Waals surface area contributed by atoms with Gasteiger partial charge in [-0.15, -0.1) is 0 Å². The van der Waals surface area contributed by atoms with E-state index in [1.54, 1.807) is 0 Å². The van der Waals surface area contributed by atoms with E-state index in [1.807, 2.05) is 0 Å². The minimum atomic E-state index is -3.86. The van der Waals surface area contributed by atoms with Crippen LogP contribution in [0.5, 0.6) is 0 Å². The predicted molar refractivity (Wildman–Crippen MR) is 65.3 cm³/mol. The molecule has 3 N–H and O–H groups in total. The first kappa shape index (κ1) is 12.5. The van der Waals surface area contributed by atoms with Gasteiger partial charge in [0, 0.05) is 11.9 Å². The molecule has 0 atom stereocenters. The number of anilines is 2. The van der Waals surface area contributed by atoms with Crippen LogP contribution in [0.2, 0.25) is 0 Å². The van der Waals surface area contributed by atoms with E-state index in [-0.39, 0.29) is 16.5 Å². The molecule has 1 aromatic carbocycles. The quantitative estimate of drug-likeness (QED) is 0.884. The van der Waals surface area contributed by atoms with Crippen LogP contribution in [0, 0.1) is 5.82 Å². The molecule has 1 aromatic heterocycles. The van der Waals surface area contributed by atoms with Crippen molar-refractivity contribution in [3.05, 3.63) is 48.4 Å². The fourth-order valence-corrected chi connectivity index (χ4v) is 2.03. The summed E-state index contributed by atoms with van der Waals surface area (Å²) in [5.41, 5.74) is 0.514. The molecule has 0 unspecified atom stereocenters. The molecule has 0 saturated carbocycles. The van der Waals surface area contributed by atoms with Gasteiger partial charge in [-0.3, -0.25) is 0 Å². The van der Waals surface area contributed by atoms with Crippen LogP contribution in [-0.4, -0.2) is 13.4 Å². The van der Waals surface area contributed by atoms with Crippen LogP contribution >= 0.6 is 0 Å². The highest BCUT2D eigenvalue weighted by Gasteiger charge is 2.14. The lowest BCUT2D eigenvalue weighted by Gasteiger charge is -2.08. The first-order valence-corrected chi connectivity index (χ1v) is 6.52. The topological polar surface area (TPSA) is 85.1 Å². The molecule has 0 aliphatic carbocycles. The molecule has 1 heterocycles. The number of nitrogens with one attached hydrogen (secondary N) is 1. The molecule has 2 rings (SSSR count). The molecule has 0 aliphatic heterocycles. The van der Waals surface area contributed by atoms with Crippen molar-refractivity contribution < 1.29 is 12.8 Å². The minimum Gasteiger partial charge on any atom is -0.339 e. The van der Waals surface area contributed by atoms with E-state index in [0.717, 1.165) is 0 Å². The molecular weight excluding hydrogens is 257 g/mol. The maximum atomic E-state index is 12.7. The summed E-state index contributed by atoms with van der Waals surface area (Å²) in [6, 6.07) is 8.25. The van der Waals surface area contributed by atoms with Crippen molar-refractivity contribution in [2.45, 2.75) is 4.90 Å². The van der Waals surface area contributed by atoms with Crippen LogP contribution in [0.25, 0.3) is 0 Å². The summed E-state index contributed by atoms with van der Waals surface area (Å²) in [5, 5.41) is 7.84. The highest BCUT2D eigenvalue weighted by Crippen LogP contribution is 2.21. The van der Waals surface area contributed by atoms with Crippen molar-refractivity contribution in [2.75, 3.05) is 5.32 Å². The van der Waals surface area contributed by atoms with Gasteiger partial charge in [-0.25, -0.2) is 22.9 Å². The summed E-state index contributed by atoms with van der Waals surface area (Å²) in [4.78, 5) is 3.78. The number of hydrogen-bond acceptors (Lipinski definition) is 4. The van der Waals surface area contributed by atoms with E-state index in [1.165, 1.54) is 42.6 Å². The molecule has 0 fully saturated rings. The fourth-order valence-electron chi connectivity index (χ4n) is 1.38. The van der Waals surface area contributed by atoms with Gasteiger partial charge >= 0.3 is 0 Å². The summed E-state index contributed by atoms with van der Waals surface area (Å²) in [6.07, 6.45) is 1.43. The standard InChI is InChI=1S/C11H10FN3O2S/c12-8-3-5-9(6-4-8)15-11-10(18(13,16)17)2-1-7-14-11/h1-7H,(H,14,15)(H2,13,16,17). The van der Waals surface area contributed by atoms with E-state index in [4.69, 9.17) is 5.14 Å². The minimum absolute atomic E-state index is 0.103. The molecule has 7 heteroatoms. The summed E-state index contributed by atoms with van der Waals surface area (Å²) >= 11 is 0. The number of halogens is 1. The number of aromatic nitrogens is 1. The molecule has 0 aliphatic rings. The zero-order valence-corrected chi connectivity index (χ0v) is 9.99. The summed E-state index contributed by atoms with van der Waals surface area (Å²) in [5.74, 6) is -0.278. The van der Waals surface area contributed by atoms with Gasteiger partial charge in [0.15, 0.2) is 5.82 Å². The molecule has 0 bridgehead atoms. The Kier molecular flexibility index (Phi) is 3.26. The van der Waals surface area contributed by atoms with E-state index < -0.39 is 10.0 Å². The van der Waals surface area contributed by atoms with Crippen molar-refractivity contribution in [1.82, 2.24) is 4.98 Å². The number of nitrogens with two attached hydrogens (primary N) is 1. The lowest BCUT2D eigenvalue weighted by atomic mass is 10.3. The van der Waals surface area contributed by atoms with Crippen molar-refractivity contribution in [1.29, 1.82) is 0 Å². The average Bonchev–Trinajstić information content (AvgIpc) is 2.31. The molecule has 18 heavy (non-hydrogen) atoms. The molecule has 0 amide bonds. The predicted octanol–water partition coefficient (Wildman–Crippen LogP) is 1.61. The Morgan fingerprint density at radius 3 is 2.44 bits per heavy atom. The highest BCUT2D eigenvalue weighted by atomic mass is 32.2. The van der Waals surface area contributed by atoms with Gasteiger partial charge in [0.2, 0.25) is 10.0 Å². The van der Waals surface area contributed by atoms with Gasteiger partial charge in [0.1, 0.15) is 10.7 Å². The van der Waals surface area contributed by atoms with E-state index >= 15 is 0 Å². The number of primary sulfonamides is 1. The third kappa shape index (κ3) is 2.82. The Morgan fingerprint density at radius 1 is 1.17 bits per heavy atom. The number of sulfonamides is 1. The van der Waals surface area contributed by atoms with Gasteiger partial charge in [0.05, 0.1) is 0 Å². The summed E-state index contributed by atoms with van der Waals surface area (Å²) in [7, 11) is -3.86. The SMILES string of the molecule is NS(=O)(=O)c1cccnc1Nc1ccc(F)cc1. The van der Waals surface area contributed by atoms with E-state index in [9.17, 15) is 12.8 Å². The molecule has 5 nitrogen and oxygen atoms in total. The van der Waals surface area contributed by atoms with Crippen LogP contribution in [0.3, 0.4) is 0 Å². The maximum Gasteiger partial charge on any atom is 0.241 e. The second-order valence-electron chi connectivity index (χ2n) is 3.53. The van der Waals surface area contributed by atoms with Gasteiger partial charge in [-0.05, 0) is 36.4 Å². The zero-order chi connectivity index (χ0) is 13.2. The zero-order valence-electron chi connectivity index (χ0n) is 9.17. The highest BCUT2D eigenvalue weighted by molar-refractivity contribution is 7.89. The first-order chi connectivity index (χ1) is 8.47. The van der Waals surface area contributed by atoms with E-state index in [2.05, 4.69) is 10.3 Å². The summed E-state index contributed by atoms with van der Waals surface area (Å²) < 4.78 is 35.4. The molecule has 0 radical (unpaired) electrons. The Labute approximate surface area is 104 Å². The molecule has 2 aromatic rings. The lowest BCUT2D eigenvalue weighted by Crippen LogP contribution is -2.14. The van der Waals surface area contributed by atoms with Crippen molar-refractivity contribution in [2.24, 2.45) is 5.14 Å². The largest absolute Gasteiger partial charge is 0.339 e. The Hall–Kier alpha value is -1.99. The number of nitrogens with zero attached hydrogens (tertiary/aromatic N) is 1. The van der Waals surface area contributed by atoms with Crippen molar-refractivity contribution >= 4 is 21.5 Å². The van der Waals surface area contributed by atoms with Gasteiger partial charge < -0.3 is 5.32 Å². The lowest BCUT2D eigenvalue weighted by molar-refractivity contribution is 0.598. The van der Waals surface area contributed by atoms with Gasteiger partial charge in [0.25, 0.3) is 0 Å². The van der Waals surface area contributed by atoms with E-state index in [0.29, 0.717) is 5.69 Å². The molecule has 0 saturated heterocycles. The monoisotopic (exact) mass is 267 g/mol. The van der Waals surface area contributed by atoms with Gasteiger partial charge in [-0.1, -0.05) is 0 Å². The number of benzene rings is 1. The van der Waals surface area contributed by atoms with Crippen LogP contribution in [0.4, 0.5) is 15.9 Å². The second-order valence-corrected chi connectivity index (χ2v) is 5.06. The molecular formula is C11H10FN3O2S. The smallest absolute Gasteiger partial charge is 0.241 e. The van der Waals surface area contributed by atoms with Crippen LogP contribution in [-0.2, 0) is 10.0 Å². The fraction of sp³-hybridized carbons (Fsp3) is 0. The molecule has 94 valence electrons. The summed E-state index contributed by atoms with van der Waals surface area (Å²) in [6.45, 7) is 0. The van der Waals surface area contributed by atoms with Crippen LogP contribution < -0.4 is 10.5 Å². The van der Waals surface area contributed by atoms with Crippen molar-refractivity contribution in [3.8, 4) is 0 Å². The van der Waals surface area contributed by atoms with Crippen LogP contribution in [0.15, 0.2) is 47.5 Å². The average molecular weight is 267 g/mol.